The van der Waals surface area contributed by atoms with Crippen LogP contribution in [0.15, 0.2) is 9.59 Å². The van der Waals surface area contributed by atoms with E-state index in [1.54, 1.807) is 0 Å². The molecule has 1 aromatic rings. The number of hydrogen-bond donors (Lipinski definition) is 1. The van der Waals surface area contributed by atoms with Crippen LogP contribution in [0.2, 0.25) is 0 Å². The first kappa shape index (κ1) is 5.81. The van der Waals surface area contributed by atoms with Crippen LogP contribution in [0.1, 0.15) is 0 Å². The third-order valence-corrected chi connectivity index (χ3v) is 1.11. The predicted octanol–water partition coefficient (Wildman–Crippen LogP) is -1.13. The fourth-order valence-corrected chi connectivity index (χ4v) is 0.591. The van der Waals surface area contributed by atoms with E-state index in [9.17, 15) is 9.59 Å². The molecular weight excluding hydrogens is 122 g/mol. The molecule has 0 heterocycles. The van der Waals surface area contributed by atoms with Gasteiger partial charge in [0.15, 0.2) is 5.75 Å². The van der Waals surface area contributed by atoms with Gasteiger partial charge in [-0.2, -0.15) is 0 Å². The monoisotopic (exact) mass is 127 g/mol. The van der Waals surface area contributed by atoms with Gasteiger partial charge in [0.2, 0.25) is 0 Å². The number of ether oxygens (including phenoxy) is 1. The van der Waals surface area contributed by atoms with Crippen molar-refractivity contribution >= 4 is 5.69 Å². The number of nitrogen functional groups attached to an aromatic ring is 1. The molecule has 0 amide bonds. The predicted molar refractivity (Wildman–Crippen MR) is 32.3 cm³/mol. The molecule has 0 aromatic heterocycles. The van der Waals surface area contributed by atoms with Gasteiger partial charge in [-0.1, -0.05) is 0 Å². The number of rotatable bonds is 1. The Morgan fingerprint density at radius 1 is 1.33 bits per heavy atom. The molecule has 0 aliphatic heterocycles. The summed E-state index contributed by atoms with van der Waals surface area (Å²) in [5.74, 6) is -0.0139. The summed E-state index contributed by atoms with van der Waals surface area (Å²) in [6.45, 7) is 0. The van der Waals surface area contributed by atoms with E-state index in [2.05, 4.69) is 4.74 Å². The molecule has 0 bridgehead atoms. The average Bonchev–Trinajstić information content (AvgIpc) is 1.89. The van der Waals surface area contributed by atoms with E-state index >= 15 is 0 Å². The third-order valence-electron chi connectivity index (χ3n) is 1.11. The first-order valence-corrected chi connectivity index (χ1v) is 2.31. The highest BCUT2D eigenvalue weighted by atomic mass is 16.5. The summed E-state index contributed by atoms with van der Waals surface area (Å²) in [5, 5.41) is 0. The van der Waals surface area contributed by atoms with Crippen LogP contribution in [-0.2, 0) is 0 Å². The Hall–Kier alpha value is -1.32. The van der Waals surface area contributed by atoms with Gasteiger partial charge in [0.1, 0.15) is 5.69 Å². The van der Waals surface area contributed by atoms with Gasteiger partial charge in [0.05, 0.1) is 7.11 Å². The minimum atomic E-state index is -0.646. The highest BCUT2D eigenvalue weighted by Crippen LogP contribution is 2.10. The van der Waals surface area contributed by atoms with Gasteiger partial charge in [0.25, 0.3) is 10.9 Å². The lowest BCUT2D eigenvalue weighted by atomic mass is 10.2. The molecule has 0 saturated heterocycles. The normalized spacial score (nSPS) is 9.89. The Morgan fingerprint density at radius 3 is 2.11 bits per heavy atom. The summed E-state index contributed by atoms with van der Waals surface area (Å²) >= 11 is 0. The zero-order valence-corrected chi connectivity index (χ0v) is 4.80. The smallest absolute Gasteiger partial charge is 0.271 e. The first-order chi connectivity index (χ1) is 4.18. The van der Waals surface area contributed by atoms with Crippen LogP contribution in [0.25, 0.3) is 0 Å². The fourth-order valence-electron chi connectivity index (χ4n) is 0.591. The molecule has 0 aliphatic carbocycles. The number of nitrogens with two attached hydrogens (primary N) is 1. The minimum Gasteiger partial charge on any atom is -0.491 e. The Kier molecular flexibility index (Phi) is 1.02. The molecule has 4 heteroatoms. The highest BCUT2D eigenvalue weighted by Gasteiger charge is 2.17. The fraction of sp³-hybridized carbons (Fsp3) is 0.200. The zero-order valence-electron chi connectivity index (χ0n) is 4.80. The summed E-state index contributed by atoms with van der Waals surface area (Å²) in [6.07, 6.45) is 0. The van der Waals surface area contributed by atoms with Gasteiger partial charge in [-0.05, 0) is 0 Å². The van der Waals surface area contributed by atoms with Crippen LogP contribution in [0, 0.1) is 0 Å². The van der Waals surface area contributed by atoms with Crippen molar-refractivity contribution < 1.29 is 4.74 Å². The van der Waals surface area contributed by atoms with Crippen molar-refractivity contribution in [1.82, 2.24) is 0 Å². The van der Waals surface area contributed by atoms with Crippen LogP contribution in [0.4, 0.5) is 5.69 Å². The highest BCUT2D eigenvalue weighted by molar-refractivity contribution is 5.57. The van der Waals surface area contributed by atoms with E-state index in [0.29, 0.717) is 0 Å². The Balaban J connectivity index is 3.25. The van der Waals surface area contributed by atoms with Gasteiger partial charge in [-0.3, -0.25) is 9.59 Å². The summed E-state index contributed by atoms with van der Waals surface area (Å²) in [6, 6.07) is 0. The van der Waals surface area contributed by atoms with E-state index in [1.807, 2.05) is 0 Å². The van der Waals surface area contributed by atoms with E-state index < -0.39 is 10.9 Å². The van der Waals surface area contributed by atoms with Gasteiger partial charge in [-0.15, -0.1) is 0 Å². The lowest BCUT2D eigenvalue weighted by Crippen LogP contribution is -2.34. The summed E-state index contributed by atoms with van der Waals surface area (Å²) in [7, 11) is 1.30. The van der Waals surface area contributed by atoms with E-state index in [4.69, 9.17) is 5.73 Å². The second-order valence-corrected chi connectivity index (χ2v) is 1.61. The van der Waals surface area contributed by atoms with Crippen molar-refractivity contribution in [2.24, 2.45) is 0 Å². The van der Waals surface area contributed by atoms with E-state index in [-0.39, 0.29) is 11.4 Å². The molecule has 2 N–H and O–H groups in total. The number of anilines is 1. The largest absolute Gasteiger partial charge is 0.491 e. The Bertz CT molecular complexity index is 295. The van der Waals surface area contributed by atoms with E-state index in [1.165, 1.54) is 7.11 Å². The van der Waals surface area contributed by atoms with Gasteiger partial charge in [0, 0.05) is 0 Å². The van der Waals surface area contributed by atoms with Crippen LogP contribution in [0.3, 0.4) is 0 Å². The van der Waals surface area contributed by atoms with Crippen molar-refractivity contribution in [2.45, 2.75) is 0 Å². The van der Waals surface area contributed by atoms with Crippen molar-refractivity contribution in [2.75, 3.05) is 12.8 Å². The molecule has 0 spiro atoms. The molecule has 0 fully saturated rings. The molecule has 0 radical (unpaired) electrons. The summed E-state index contributed by atoms with van der Waals surface area (Å²) in [4.78, 5) is 20.7. The average molecular weight is 127 g/mol. The van der Waals surface area contributed by atoms with Crippen molar-refractivity contribution in [3.05, 3.63) is 20.4 Å². The van der Waals surface area contributed by atoms with Crippen molar-refractivity contribution in [3.8, 4) is 5.75 Å². The van der Waals surface area contributed by atoms with E-state index in [0.717, 1.165) is 0 Å². The zero-order chi connectivity index (χ0) is 7.02. The Labute approximate surface area is 50.6 Å². The molecule has 0 unspecified atom stereocenters. The standard InChI is InChI=1S/C5H5NO3/c1-9-5-2(6)3(7)4(5)8/h6H2,1H3. The molecular formula is C5H5NO3. The molecule has 1 aromatic carbocycles. The maximum atomic E-state index is 10.4. The Morgan fingerprint density at radius 2 is 1.89 bits per heavy atom. The quantitative estimate of drug-likeness (QED) is 0.485. The molecule has 9 heavy (non-hydrogen) atoms. The van der Waals surface area contributed by atoms with Crippen molar-refractivity contribution in [1.29, 1.82) is 0 Å². The minimum absolute atomic E-state index is 0.0139. The molecule has 0 atom stereocenters. The molecule has 0 aliphatic rings. The first-order valence-electron chi connectivity index (χ1n) is 2.31. The van der Waals surface area contributed by atoms with Gasteiger partial charge in [-0.25, -0.2) is 0 Å². The van der Waals surface area contributed by atoms with Crippen LogP contribution in [-0.4, -0.2) is 7.11 Å². The van der Waals surface area contributed by atoms with Crippen LogP contribution >= 0.6 is 0 Å². The van der Waals surface area contributed by atoms with Crippen LogP contribution in [0.5, 0.6) is 5.75 Å². The number of hydrogen-bond acceptors (Lipinski definition) is 4. The third kappa shape index (κ3) is 0.526. The molecule has 1 rings (SSSR count). The summed E-state index contributed by atoms with van der Waals surface area (Å²) in [5.41, 5.74) is 3.71. The van der Waals surface area contributed by atoms with Crippen LogP contribution < -0.4 is 21.3 Å². The number of methoxy groups -OCH3 is 1. The molecule has 4 nitrogen and oxygen atoms in total. The lowest BCUT2D eigenvalue weighted by Gasteiger charge is -2.01. The maximum absolute atomic E-state index is 10.4. The topological polar surface area (TPSA) is 69.4 Å². The second-order valence-electron chi connectivity index (χ2n) is 1.61. The van der Waals surface area contributed by atoms with Crippen molar-refractivity contribution in [3.63, 3.8) is 0 Å². The molecule has 48 valence electrons. The lowest BCUT2D eigenvalue weighted by molar-refractivity contribution is 0.408. The van der Waals surface area contributed by atoms with Gasteiger partial charge >= 0.3 is 0 Å². The summed E-state index contributed by atoms with van der Waals surface area (Å²) < 4.78 is 4.47. The second kappa shape index (κ2) is 1.58. The molecule has 0 saturated carbocycles. The van der Waals surface area contributed by atoms with Gasteiger partial charge < -0.3 is 10.5 Å². The SMILES string of the molecule is COc1c(N)c(=O)c1=O. The maximum Gasteiger partial charge on any atom is 0.271 e.